The Morgan fingerprint density at radius 1 is 0.474 bits per heavy atom. The van der Waals surface area contributed by atoms with Gasteiger partial charge in [-0.1, -0.05) is 66.4 Å². The normalized spacial score (nSPS) is 12.9. The lowest BCUT2D eigenvalue weighted by molar-refractivity contribution is 0.414. The van der Waals surface area contributed by atoms with Crippen molar-refractivity contribution >= 4 is 11.8 Å². The Kier molecular flexibility index (Phi) is 6.34. The van der Waals surface area contributed by atoms with E-state index in [-0.39, 0.29) is 0 Å². The van der Waals surface area contributed by atoms with Crippen molar-refractivity contribution in [2.24, 2.45) is 0 Å². The molecular formula is C34H28O3S. The van der Waals surface area contributed by atoms with Gasteiger partial charge in [-0.2, -0.15) is 0 Å². The van der Waals surface area contributed by atoms with Gasteiger partial charge in [-0.3, -0.25) is 0 Å². The highest BCUT2D eigenvalue weighted by Gasteiger charge is 2.46. The molecule has 0 spiro atoms. The molecule has 0 saturated carbocycles. The number of rotatable bonds is 7. The molecule has 0 bridgehead atoms. The highest BCUT2D eigenvalue weighted by atomic mass is 32.2. The molecule has 0 saturated heterocycles. The second kappa shape index (κ2) is 9.96. The van der Waals surface area contributed by atoms with Crippen molar-refractivity contribution in [1.82, 2.24) is 0 Å². The van der Waals surface area contributed by atoms with Gasteiger partial charge in [0.25, 0.3) is 0 Å². The number of ether oxygens (including phenoxy) is 3. The van der Waals surface area contributed by atoms with E-state index in [1.54, 1.807) is 33.1 Å². The molecule has 0 radical (unpaired) electrons. The number of methoxy groups -OCH3 is 3. The quantitative estimate of drug-likeness (QED) is 0.214. The topological polar surface area (TPSA) is 27.7 Å². The molecule has 0 heterocycles. The van der Waals surface area contributed by atoms with Crippen LogP contribution in [-0.4, -0.2) is 21.3 Å². The van der Waals surface area contributed by atoms with E-state index >= 15 is 0 Å². The van der Waals surface area contributed by atoms with Gasteiger partial charge in [0.2, 0.25) is 0 Å². The molecule has 188 valence electrons. The van der Waals surface area contributed by atoms with Gasteiger partial charge in [0.15, 0.2) is 0 Å². The maximum absolute atomic E-state index is 5.51. The van der Waals surface area contributed by atoms with Crippen LogP contribution in [0.1, 0.15) is 22.3 Å². The number of hydrogen-bond donors (Lipinski definition) is 0. The molecule has 0 amide bonds. The lowest BCUT2D eigenvalue weighted by Gasteiger charge is -2.34. The first-order valence-corrected chi connectivity index (χ1v) is 13.3. The van der Waals surface area contributed by atoms with Gasteiger partial charge in [0.05, 0.1) is 26.7 Å². The zero-order valence-corrected chi connectivity index (χ0v) is 22.4. The minimum atomic E-state index is -0.485. The lowest BCUT2D eigenvalue weighted by atomic mass is 9.67. The molecule has 0 atom stereocenters. The number of benzene rings is 5. The number of fused-ring (bicyclic) bond motifs is 3. The fourth-order valence-corrected chi connectivity index (χ4v) is 6.43. The first kappa shape index (κ1) is 24.2. The van der Waals surface area contributed by atoms with E-state index < -0.39 is 5.41 Å². The Hall–Kier alpha value is -4.15. The number of hydrogen-bond acceptors (Lipinski definition) is 4. The van der Waals surface area contributed by atoms with E-state index in [0.29, 0.717) is 0 Å². The van der Waals surface area contributed by atoms with Gasteiger partial charge in [0.1, 0.15) is 17.2 Å². The molecule has 1 aliphatic rings. The van der Waals surface area contributed by atoms with Crippen LogP contribution in [0.4, 0.5) is 0 Å². The summed E-state index contributed by atoms with van der Waals surface area (Å²) in [6, 6.07) is 40.8. The lowest BCUT2D eigenvalue weighted by Crippen LogP contribution is -2.28. The third-order valence-corrected chi connectivity index (χ3v) is 8.35. The smallest absolute Gasteiger partial charge is 0.118 e. The van der Waals surface area contributed by atoms with Gasteiger partial charge in [-0.05, 0) is 94.0 Å². The molecule has 5 aromatic rings. The van der Waals surface area contributed by atoms with E-state index in [1.807, 2.05) is 12.1 Å². The van der Waals surface area contributed by atoms with E-state index in [9.17, 15) is 0 Å². The average molecular weight is 517 g/mol. The molecule has 0 unspecified atom stereocenters. The van der Waals surface area contributed by atoms with Gasteiger partial charge in [-0.25, -0.2) is 0 Å². The van der Waals surface area contributed by atoms with Gasteiger partial charge in [0, 0.05) is 9.79 Å². The summed E-state index contributed by atoms with van der Waals surface area (Å²) in [6.07, 6.45) is 0. The van der Waals surface area contributed by atoms with E-state index in [2.05, 4.69) is 103 Å². The summed E-state index contributed by atoms with van der Waals surface area (Å²) in [5.74, 6) is 2.54. The van der Waals surface area contributed by atoms with Crippen LogP contribution < -0.4 is 14.2 Å². The first-order chi connectivity index (χ1) is 18.7. The van der Waals surface area contributed by atoms with E-state index in [4.69, 9.17) is 14.2 Å². The summed E-state index contributed by atoms with van der Waals surface area (Å²) < 4.78 is 16.4. The van der Waals surface area contributed by atoms with Gasteiger partial charge in [-0.15, -0.1) is 0 Å². The molecule has 0 N–H and O–H groups in total. The Morgan fingerprint density at radius 2 is 0.947 bits per heavy atom. The van der Waals surface area contributed by atoms with Crippen molar-refractivity contribution in [3.8, 4) is 28.4 Å². The second-order valence-corrected chi connectivity index (χ2v) is 10.4. The van der Waals surface area contributed by atoms with E-state index in [0.717, 1.165) is 17.2 Å². The van der Waals surface area contributed by atoms with Crippen LogP contribution in [0.3, 0.4) is 0 Å². The fourth-order valence-electron chi connectivity index (χ4n) is 5.57. The summed E-state index contributed by atoms with van der Waals surface area (Å²) in [5.41, 5.74) is 6.97. The first-order valence-electron chi connectivity index (χ1n) is 12.5. The predicted molar refractivity (Wildman–Crippen MR) is 154 cm³/mol. The maximum Gasteiger partial charge on any atom is 0.118 e. The minimum absolute atomic E-state index is 0.485. The summed E-state index contributed by atoms with van der Waals surface area (Å²) >= 11 is 1.76. The average Bonchev–Trinajstić information content (AvgIpc) is 3.28. The fraction of sp³-hybridized carbons (Fsp3) is 0.118. The zero-order valence-electron chi connectivity index (χ0n) is 21.6. The summed E-state index contributed by atoms with van der Waals surface area (Å²) in [7, 11) is 5.10. The summed E-state index contributed by atoms with van der Waals surface area (Å²) in [6.45, 7) is 0. The van der Waals surface area contributed by atoms with Crippen molar-refractivity contribution in [2.45, 2.75) is 15.2 Å². The van der Waals surface area contributed by atoms with Crippen LogP contribution in [0.2, 0.25) is 0 Å². The standard InChI is InChI=1S/C34H28O3S/c1-35-25-12-8-23(9-13-25)34(24-10-14-26(36-2)15-11-24)32-7-5-4-6-30(32)31-21-20-29(22-33(31)34)38-28-18-16-27(37-3)17-19-28/h4-22H,1-3H3. The van der Waals surface area contributed by atoms with Crippen molar-refractivity contribution in [1.29, 1.82) is 0 Å². The molecule has 38 heavy (non-hydrogen) atoms. The van der Waals surface area contributed by atoms with Gasteiger partial charge >= 0.3 is 0 Å². The molecule has 3 nitrogen and oxygen atoms in total. The van der Waals surface area contributed by atoms with Crippen molar-refractivity contribution in [2.75, 3.05) is 21.3 Å². The largest absolute Gasteiger partial charge is 0.497 e. The molecule has 4 heteroatoms. The molecule has 5 aromatic carbocycles. The van der Waals surface area contributed by atoms with Crippen LogP contribution in [0, 0.1) is 0 Å². The highest BCUT2D eigenvalue weighted by Crippen LogP contribution is 2.57. The third-order valence-electron chi connectivity index (χ3n) is 7.36. The van der Waals surface area contributed by atoms with Gasteiger partial charge < -0.3 is 14.2 Å². The summed E-state index contributed by atoms with van der Waals surface area (Å²) in [4.78, 5) is 2.36. The molecule has 0 aliphatic heterocycles. The van der Waals surface area contributed by atoms with Crippen molar-refractivity contribution < 1.29 is 14.2 Å². The van der Waals surface area contributed by atoms with Crippen LogP contribution in [0.5, 0.6) is 17.2 Å². The second-order valence-electron chi connectivity index (χ2n) is 9.24. The summed E-state index contributed by atoms with van der Waals surface area (Å²) in [5, 5.41) is 0. The molecule has 1 aliphatic carbocycles. The van der Waals surface area contributed by atoms with E-state index in [1.165, 1.54) is 43.2 Å². The Morgan fingerprint density at radius 3 is 1.50 bits per heavy atom. The monoisotopic (exact) mass is 516 g/mol. The Bertz CT molecular complexity index is 1530. The molecule has 6 rings (SSSR count). The zero-order chi connectivity index (χ0) is 26.1. The molecular weight excluding hydrogens is 488 g/mol. The van der Waals surface area contributed by atoms with Crippen LogP contribution in [0.15, 0.2) is 125 Å². The SMILES string of the molecule is COc1ccc(Sc2ccc3c(c2)C(c2ccc(OC)cc2)(c2ccc(OC)cc2)c2ccccc2-3)cc1. The minimum Gasteiger partial charge on any atom is -0.497 e. The Labute approximate surface area is 228 Å². The van der Waals surface area contributed by atoms with Crippen LogP contribution in [0.25, 0.3) is 11.1 Å². The van der Waals surface area contributed by atoms with Crippen LogP contribution in [-0.2, 0) is 5.41 Å². The van der Waals surface area contributed by atoms with Crippen LogP contribution >= 0.6 is 11.8 Å². The van der Waals surface area contributed by atoms with Crippen molar-refractivity contribution in [3.63, 3.8) is 0 Å². The Balaban J connectivity index is 1.59. The third kappa shape index (κ3) is 3.93. The molecule has 0 aromatic heterocycles. The molecule has 0 fully saturated rings. The highest BCUT2D eigenvalue weighted by molar-refractivity contribution is 7.99. The maximum atomic E-state index is 5.51. The predicted octanol–water partition coefficient (Wildman–Crippen LogP) is 8.23. The van der Waals surface area contributed by atoms with Crippen molar-refractivity contribution in [3.05, 3.63) is 138 Å².